The number of aliphatic hydroxyl groups is 1. The largest absolute Gasteiger partial charge is 0.450 e. The Bertz CT molecular complexity index is 1220. The van der Waals surface area contributed by atoms with E-state index in [9.17, 15) is 24.1 Å². The van der Waals surface area contributed by atoms with Crippen molar-refractivity contribution in [2.45, 2.75) is 25.7 Å². The minimum absolute atomic E-state index is 0.103. The highest BCUT2D eigenvalue weighted by Gasteiger charge is 2.35. The van der Waals surface area contributed by atoms with E-state index in [1.807, 2.05) is 17.0 Å². The second kappa shape index (κ2) is 9.01. The van der Waals surface area contributed by atoms with Crippen LogP contribution < -0.4 is 26.9 Å². The number of hydrogen-bond acceptors (Lipinski definition) is 6. The molecule has 1 aromatic heterocycles. The smallest absolute Gasteiger partial charge is 0.332 e. The van der Waals surface area contributed by atoms with Crippen LogP contribution in [0.2, 0.25) is 0 Å². The van der Waals surface area contributed by atoms with Gasteiger partial charge < -0.3 is 20.3 Å². The van der Waals surface area contributed by atoms with Gasteiger partial charge in [-0.05, 0) is 29.7 Å². The lowest BCUT2D eigenvalue weighted by molar-refractivity contribution is 0.277. The van der Waals surface area contributed by atoms with Crippen LogP contribution in [0.4, 0.5) is 15.9 Å². The number of aliphatic hydroxyl groups excluding tert-OH is 1. The molecule has 1 unspecified atom stereocenters. The molecule has 0 spiro atoms. The number of nitrogens with one attached hydrogen (secondary N) is 1. The number of rotatable bonds is 7. The molecule has 8 nitrogen and oxygen atoms in total. The van der Waals surface area contributed by atoms with Crippen molar-refractivity contribution < 1.29 is 14.5 Å². The normalized spacial score (nSPS) is 14.9. The van der Waals surface area contributed by atoms with Gasteiger partial charge in [-0.2, -0.15) is 0 Å². The fourth-order valence-corrected chi connectivity index (χ4v) is 3.92. The number of anilines is 2. The highest BCUT2D eigenvalue weighted by molar-refractivity contribution is 6.45. The van der Waals surface area contributed by atoms with Crippen LogP contribution in [-0.4, -0.2) is 33.4 Å². The van der Waals surface area contributed by atoms with E-state index >= 15 is 0 Å². The standard InChI is InChI=1S/C22H23BFN4O4/c1-26-20-18(21(30)27(22(26)31)11-2-12-29)28(13-14-3-9-17(24)10-4-14)19(25-20)15-5-7-16(23-32)8-6-15/h3-10,19,25,29,32H,2,11-13H2,1H3. The fourth-order valence-electron chi connectivity index (χ4n) is 3.92. The summed E-state index contributed by atoms with van der Waals surface area (Å²) in [6.45, 7) is 0.263. The van der Waals surface area contributed by atoms with Gasteiger partial charge in [0.05, 0.1) is 0 Å². The molecule has 165 valence electrons. The van der Waals surface area contributed by atoms with Gasteiger partial charge in [0.25, 0.3) is 5.56 Å². The minimum atomic E-state index is -0.470. The Balaban J connectivity index is 1.84. The van der Waals surface area contributed by atoms with Crippen molar-refractivity contribution in [2.75, 3.05) is 16.8 Å². The molecule has 1 aliphatic rings. The molecule has 0 fully saturated rings. The maximum atomic E-state index is 13.4. The van der Waals surface area contributed by atoms with E-state index in [4.69, 9.17) is 0 Å². The summed E-state index contributed by atoms with van der Waals surface area (Å²) >= 11 is 0. The van der Waals surface area contributed by atoms with Crippen molar-refractivity contribution in [3.05, 3.63) is 86.3 Å². The second-order valence-corrected chi connectivity index (χ2v) is 7.67. The van der Waals surface area contributed by atoms with Gasteiger partial charge in [-0.1, -0.05) is 41.9 Å². The van der Waals surface area contributed by atoms with Gasteiger partial charge >= 0.3 is 13.2 Å². The first-order valence-corrected chi connectivity index (χ1v) is 10.2. The number of benzene rings is 2. The molecule has 32 heavy (non-hydrogen) atoms. The van der Waals surface area contributed by atoms with E-state index in [0.717, 1.165) is 23.2 Å². The first-order chi connectivity index (χ1) is 15.4. The lowest BCUT2D eigenvalue weighted by Gasteiger charge is -2.27. The summed E-state index contributed by atoms with van der Waals surface area (Å²) < 4.78 is 15.9. The Hall–Kier alpha value is -3.37. The lowest BCUT2D eigenvalue weighted by atomic mass is 9.88. The lowest BCUT2D eigenvalue weighted by Crippen LogP contribution is -2.41. The molecule has 4 rings (SSSR count). The first kappa shape index (κ1) is 21.9. The predicted octanol–water partition coefficient (Wildman–Crippen LogP) is 0.436. The average Bonchev–Trinajstić information content (AvgIpc) is 3.18. The summed E-state index contributed by atoms with van der Waals surface area (Å²) in [5.74, 6) is 0.0417. The van der Waals surface area contributed by atoms with Crippen molar-refractivity contribution in [3.8, 4) is 0 Å². The van der Waals surface area contributed by atoms with E-state index in [1.54, 1.807) is 31.3 Å². The van der Waals surface area contributed by atoms with Crippen LogP contribution in [0, 0.1) is 5.82 Å². The fraction of sp³-hybridized carbons (Fsp3) is 0.273. The quantitative estimate of drug-likeness (QED) is 0.464. The molecule has 10 heteroatoms. The van der Waals surface area contributed by atoms with Crippen LogP contribution in [0.3, 0.4) is 0 Å². The zero-order valence-electron chi connectivity index (χ0n) is 17.5. The highest BCUT2D eigenvalue weighted by Crippen LogP contribution is 2.38. The van der Waals surface area contributed by atoms with Gasteiger partial charge in [-0.3, -0.25) is 13.9 Å². The molecule has 0 amide bonds. The summed E-state index contributed by atoms with van der Waals surface area (Å²) in [7, 11) is 2.59. The van der Waals surface area contributed by atoms with Crippen LogP contribution in [0.5, 0.6) is 0 Å². The Morgan fingerprint density at radius 2 is 1.78 bits per heavy atom. The zero-order chi connectivity index (χ0) is 22.8. The number of aromatic nitrogens is 2. The molecule has 3 aromatic rings. The number of nitrogens with zero attached hydrogens (tertiary/aromatic N) is 3. The molecule has 2 aromatic carbocycles. The molecular formula is C22H23BFN4O4. The third kappa shape index (κ3) is 3.94. The van der Waals surface area contributed by atoms with E-state index in [-0.39, 0.29) is 25.4 Å². The van der Waals surface area contributed by atoms with Crippen LogP contribution >= 0.6 is 0 Å². The van der Waals surface area contributed by atoms with Crippen molar-refractivity contribution in [1.82, 2.24) is 9.13 Å². The maximum Gasteiger partial charge on any atom is 0.332 e. The van der Waals surface area contributed by atoms with Gasteiger partial charge in [-0.15, -0.1) is 0 Å². The molecule has 1 aliphatic heterocycles. The number of hydrogen-bond donors (Lipinski definition) is 3. The summed E-state index contributed by atoms with van der Waals surface area (Å²) in [6.07, 6.45) is -0.184. The third-order valence-corrected chi connectivity index (χ3v) is 5.60. The molecular weight excluding hydrogens is 414 g/mol. The van der Waals surface area contributed by atoms with Gasteiger partial charge in [0, 0.05) is 26.7 Å². The van der Waals surface area contributed by atoms with E-state index in [2.05, 4.69) is 5.32 Å². The van der Waals surface area contributed by atoms with E-state index in [0.29, 0.717) is 23.5 Å². The summed E-state index contributed by atoms with van der Waals surface area (Å²) in [5, 5.41) is 21.7. The molecule has 2 heterocycles. The van der Waals surface area contributed by atoms with E-state index in [1.165, 1.54) is 16.7 Å². The zero-order valence-corrected chi connectivity index (χ0v) is 17.5. The van der Waals surface area contributed by atoms with Crippen LogP contribution in [-0.2, 0) is 20.1 Å². The Labute approximate surface area is 184 Å². The molecule has 3 N–H and O–H groups in total. The van der Waals surface area contributed by atoms with Gasteiger partial charge in [0.1, 0.15) is 23.5 Å². The first-order valence-electron chi connectivity index (χ1n) is 10.2. The third-order valence-electron chi connectivity index (χ3n) is 5.60. The van der Waals surface area contributed by atoms with Gasteiger partial charge in [0.2, 0.25) is 0 Å². The van der Waals surface area contributed by atoms with Crippen molar-refractivity contribution in [3.63, 3.8) is 0 Å². The van der Waals surface area contributed by atoms with Gasteiger partial charge in [-0.25, -0.2) is 9.18 Å². The summed E-state index contributed by atoms with van der Waals surface area (Å²) in [4.78, 5) is 28.0. The van der Waals surface area contributed by atoms with Crippen molar-refractivity contribution in [2.24, 2.45) is 7.05 Å². The molecule has 0 saturated carbocycles. The minimum Gasteiger partial charge on any atom is -0.450 e. The second-order valence-electron chi connectivity index (χ2n) is 7.67. The highest BCUT2D eigenvalue weighted by atomic mass is 19.1. The Morgan fingerprint density at radius 1 is 1.09 bits per heavy atom. The molecule has 1 atom stereocenters. The van der Waals surface area contributed by atoms with Gasteiger partial charge in [0.15, 0.2) is 0 Å². The monoisotopic (exact) mass is 437 g/mol. The predicted molar refractivity (Wildman–Crippen MR) is 121 cm³/mol. The van der Waals surface area contributed by atoms with Crippen LogP contribution in [0.25, 0.3) is 0 Å². The summed E-state index contributed by atoms with van der Waals surface area (Å²) in [6, 6.07) is 13.2. The van der Waals surface area contributed by atoms with Crippen molar-refractivity contribution in [1.29, 1.82) is 0 Å². The SMILES string of the molecule is Cn1c2c(c(=O)n(CCCO)c1=O)N(Cc1ccc(F)cc1)C(c1ccc([B]O)cc1)N2. The van der Waals surface area contributed by atoms with Crippen molar-refractivity contribution >= 4 is 24.5 Å². The number of halogens is 1. The average molecular weight is 437 g/mol. The number of fused-ring (bicyclic) bond motifs is 1. The van der Waals surface area contributed by atoms with Crippen LogP contribution in [0.1, 0.15) is 23.7 Å². The Morgan fingerprint density at radius 3 is 2.41 bits per heavy atom. The molecule has 1 radical (unpaired) electrons. The molecule has 0 bridgehead atoms. The maximum absolute atomic E-state index is 13.4. The summed E-state index contributed by atoms with van der Waals surface area (Å²) in [5.41, 5.74) is 1.66. The van der Waals surface area contributed by atoms with Crippen LogP contribution in [0.15, 0.2) is 58.1 Å². The van der Waals surface area contributed by atoms with E-state index < -0.39 is 17.4 Å². The topological polar surface area (TPSA) is 99.7 Å². The Kier molecular flexibility index (Phi) is 6.16. The molecule has 0 aliphatic carbocycles. The molecule has 0 saturated heterocycles.